The van der Waals surface area contributed by atoms with Crippen LogP contribution in [0.3, 0.4) is 0 Å². The van der Waals surface area contributed by atoms with E-state index in [0.29, 0.717) is 5.76 Å². The van der Waals surface area contributed by atoms with E-state index in [-0.39, 0.29) is 29.7 Å². The summed E-state index contributed by atoms with van der Waals surface area (Å²) in [5.74, 6) is -0.441. The molecule has 4 atom stereocenters. The van der Waals surface area contributed by atoms with Gasteiger partial charge in [-0.25, -0.2) is 9.78 Å². The monoisotopic (exact) mass is 225 g/mol. The number of ether oxygens (including phenoxy) is 1. The third-order valence-electron chi connectivity index (χ3n) is 3.34. The van der Waals surface area contributed by atoms with Gasteiger partial charge < -0.3 is 14.3 Å². The SMILES string of the molecule is CC1OC(C)C(c2ocnc2C(=O)O)C1C. The number of hydrogen-bond donors (Lipinski definition) is 1. The van der Waals surface area contributed by atoms with Crippen molar-refractivity contribution in [3.05, 3.63) is 17.8 Å². The summed E-state index contributed by atoms with van der Waals surface area (Å²) in [6.45, 7) is 5.95. The Labute approximate surface area is 93.4 Å². The molecule has 1 aliphatic heterocycles. The lowest BCUT2D eigenvalue weighted by molar-refractivity contribution is 0.0545. The average Bonchev–Trinajstić information content (AvgIpc) is 2.73. The second kappa shape index (κ2) is 3.90. The van der Waals surface area contributed by atoms with Crippen molar-refractivity contribution in [2.24, 2.45) is 5.92 Å². The minimum Gasteiger partial charge on any atom is -0.476 e. The first-order valence-electron chi connectivity index (χ1n) is 5.34. The highest BCUT2D eigenvalue weighted by Crippen LogP contribution is 2.40. The molecule has 88 valence electrons. The van der Waals surface area contributed by atoms with Crippen molar-refractivity contribution in [3.8, 4) is 0 Å². The summed E-state index contributed by atoms with van der Waals surface area (Å²) in [6.07, 6.45) is 1.24. The Hall–Kier alpha value is -1.36. The summed E-state index contributed by atoms with van der Waals surface area (Å²) < 4.78 is 10.9. The third-order valence-corrected chi connectivity index (χ3v) is 3.34. The summed E-state index contributed by atoms with van der Waals surface area (Å²) in [7, 11) is 0. The van der Waals surface area contributed by atoms with E-state index in [1.54, 1.807) is 0 Å². The Morgan fingerprint density at radius 2 is 2.06 bits per heavy atom. The number of oxazole rings is 1. The fourth-order valence-electron chi connectivity index (χ4n) is 2.37. The van der Waals surface area contributed by atoms with Crippen molar-refractivity contribution in [1.29, 1.82) is 0 Å². The number of carboxylic acid groups (broad SMARTS) is 1. The molecule has 2 rings (SSSR count). The zero-order valence-corrected chi connectivity index (χ0v) is 9.51. The number of carboxylic acids is 1. The van der Waals surface area contributed by atoms with Gasteiger partial charge in [-0.2, -0.15) is 0 Å². The van der Waals surface area contributed by atoms with E-state index in [4.69, 9.17) is 14.3 Å². The van der Waals surface area contributed by atoms with Gasteiger partial charge in [0, 0.05) is 0 Å². The topological polar surface area (TPSA) is 72.6 Å². The Morgan fingerprint density at radius 3 is 2.56 bits per heavy atom. The molecule has 0 radical (unpaired) electrons. The molecule has 1 aromatic heterocycles. The summed E-state index contributed by atoms with van der Waals surface area (Å²) in [4.78, 5) is 14.7. The minimum absolute atomic E-state index is 0.00130. The van der Waals surface area contributed by atoms with Crippen LogP contribution in [0, 0.1) is 5.92 Å². The molecule has 16 heavy (non-hydrogen) atoms. The molecule has 0 amide bonds. The molecular weight excluding hydrogens is 210 g/mol. The number of carbonyl (C=O) groups is 1. The van der Waals surface area contributed by atoms with E-state index >= 15 is 0 Å². The Balaban J connectivity index is 2.37. The normalized spacial score (nSPS) is 34.2. The van der Waals surface area contributed by atoms with E-state index in [1.807, 2.05) is 20.8 Å². The van der Waals surface area contributed by atoms with E-state index in [1.165, 1.54) is 6.39 Å². The van der Waals surface area contributed by atoms with Gasteiger partial charge in [0.1, 0.15) is 5.76 Å². The lowest BCUT2D eigenvalue weighted by Gasteiger charge is -2.15. The lowest BCUT2D eigenvalue weighted by Crippen LogP contribution is -2.17. The minimum atomic E-state index is -1.05. The molecule has 1 aromatic rings. The summed E-state index contributed by atoms with van der Waals surface area (Å²) in [5.41, 5.74) is 0.00130. The second-order valence-corrected chi connectivity index (χ2v) is 4.30. The van der Waals surface area contributed by atoms with E-state index in [9.17, 15) is 4.79 Å². The molecule has 0 aliphatic carbocycles. The van der Waals surface area contributed by atoms with Gasteiger partial charge in [-0.3, -0.25) is 0 Å². The fourth-order valence-corrected chi connectivity index (χ4v) is 2.37. The Kier molecular flexibility index (Phi) is 2.71. The summed E-state index contributed by atoms with van der Waals surface area (Å²) in [6, 6.07) is 0. The first-order valence-corrected chi connectivity index (χ1v) is 5.34. The molecule has 0 spiro atoms. The standard InChI is InChI=1S/C11H15NO4/c1-5-6(2)16-7(3)8(5)10-9(11(13)14)12-4-15-10/h4-8H,1-3H3,(H,13,14). The van der Waals surface area contributed by atoms with Gasteiger partial charge in [0.05, 0.1) is 18.1 Å². The molecule has 5 heteroatoms. The van der Waals surface area contributed by atoms with Crippen LogP contribution >= 0.6 is 0 Å². The highest BCUT2D eigenvalue weighted by Gasteiger charge is 2.42. The highest BCUT2D eigenvalue weighted by molar-refractivity contribution is 5.86. The number of aromatic nitrogens is 1. The van der Waals surface area contributed by atoms with Crippen molar-refractivity contribution in [1.82, 2.24) is 4.98 Å². The van der Waals surface area contributed by atoms with Crippen LogP contribution in [0.2, 0.25) is 0 Å². The molecular formula is C11H15NO4. The first-order chi connectivity index (χ1) is 7.52. The van der Waals surface area contributed by atoms with Crippen LogP contribution in [0.1, 0.15) is 42.9 Å². The zero-order valence-electron chi connectivity index (χ0n) is 9.51. The van der Waals surface area contributed by atoms with Crippen LogP contribution in [0.4, 0.5) is 0 Å². The smallest absolute Gasteiger partial charge is 0.358 e. The maximum absolute atomic E-state index is 11.0. The van der Waals surface area contributed by atoms with Crippen LogP contribution in [0.25, 0.3) is 0 Å². The lowest BCUT2D eigenvalue weighted by atomic mass is 9.86. The number of nitrogens with zero attached hydrogens (tertiary/aromatic N) is 1. The number of rotatable bonds is 2. The van der Waals surface area contributed by atoms with Gasteiger partial charge >= 0.3 is 5.97 Å². The van der Waals surface area contributed by atoms with Crippen molar-refractivity contribution in [2.75, 3.05) is 0 Å². The molecule has 2 heterocycles. The van der Waals surface area contributed by atoms with E-state index in [2.05, 4.69) is 4.98 Å². The average molecular weight is 225 g/mol. The largest absolute Gasteiger partial charge is 0.476 e. The van der Waals surface area contributed by atoms with E-state index < -0.39 is 5.97 Å². The highest BCUT2D eigenvalue weighted by atomic mass is 16.5. The Morgan fingerprint density at radius 1 is 1.38 bits per heavy atom. The second-order valence-electron chi connectivity index (χ2n) is 4.30. The van der Waals surface area contributed by atoms with Crippen molar-refractivity contribution >= 4 is 5.97 Å². The maximum atomic E-state index is 11.0. The van der Waals surface area contributed by atoms with Gasteiger partial charge in [0.25, 0.3) is 0 Å². The predicted octanol–water partition coefficient (Wildman–Crippen LogP) is 1.90. The van der Waals surface area contributed by atoms with Crippen LogP contribution in [-0.2, 0) is 4.74 Å². The quantitative estimate of drug-likeness (QED) is 0.832. The van der Waals surface area contributed by atoms with Crippen LogP contribution in [0.5, 0.6) is 0 Å². The van der Waals surface area contributed by atoms with Gasteiger partial charge in [0.2, 0.25) is 0 Å². The van der Waals surface area contributed by atoms with Gasteiger partial charge in [0.15, 0.2) is 12.1 Å². The van der Waals surface area contributed by atoms with Crippen molar-refractivity contribution in [2.45, 2.75) is 38.9 Å². The molecule has 1 saturated heterocycles. The Bertz CT molecular complexity index is 400. The van der Waals surface area contributed by atoms with Crippen LogP contribution < -0.4 is 0 Å². The number of aromatic carboxylic acids is 1. The summed E-state index contributed by atoms with van der Waals surface area (Å²) in [5, 5.41) is 8.99. The summed E-state index contributed by atoms with van der Waals surface area (Å²) >= 11 is 0. The molecule has 5 nitrogen and oxygen atoms in total. The predicted molar refractivity (Wildman–Crippen MR) is 55.4 cm³/mol. The molecule has 4 unspecified atom stereocenters. The molecule has 0 saturated carbocycles. The molecule has 1 fully saturated rings. The molecule has 1 N–H and O–H groups in total. The molecule has 0 aromatic carbocycles. The van der Waals surface area contributed by atoms with Crippen molar-refractivity contribution in [3.63, 3.8) is 0 Å². The zero-order chi connectivity index (χ0) is 11.9. The fraction of sp³-hybridized carbons (Fsp3) is 0.636. The first kappa shape index (κ1) is 11.1. The van der Waals surface area contributed by atoms with E-state index in [0.717, 1.165) is 0 Å². The van der Waals surface area contributed by atoms with Crippen LogP contribution in [-0.4, -0.2) is 28.3 Å². The van der Waals surface area contributed by atoms with Gasteiger partial charge in [-0.1, -0.05) is 6.92 Å². The maximum Gasteiger partial charge on any atom is 0.358 e. The van der Waals surface area contributed by atoms with Gasteiger partial charge in [-0.05, 0) is 19.8 Å². The number of hydrogen-bond acceptors (Lipinski definition) is 4. The molecule has 0 bridgehead atoms. The van der Waals surface area contributed by atoms with Crippen LogP contribution in [0.15, 0.2) is 10.8 Å². The molecule has 1 aliphatic rings. The van der Waals surface area contributed by atoms with Gasteiger partial charge in [-0.15, -0.1) is 0 Å². The van der Waals surface area contributed by atoms with Crippen molar-refractivity contribution < 1.29 is 19.1 Å². The third kappa shape index (κ3) is 1.61.